The van der Waals surface area contributed by atoms with Crippen LogP contribution >= 0.6 is 11.8 Å². The Morgan fingerprint density at radius 1 is 1.24 bits per heavy atom. The van der Waals surface area contributed by atoms with Crippen LogP contribution in [0.1, 0.15) is 34.6 Å². The summed E-state index contributed by atoms with van der Waals surface area (Å²) in [5.74, 6) is 1.46. The minimum Gasteiger partial charge on any atom is -0.493 e. The number of hydrogen-bond acceptors (Lipinski definition) is 6. The molecule has 1 amide bonds. The number of anilines is 1. The lowest BCUT2D eigenvalue weighted by Crippen LogP contribution is -2.33. The van der Waals surface area contributed by atoms with E-state index in [0.29, 0.717) is 39.4 Å². The third-order valence-electron chi connectivity index (χ3n) is 5.74. The van der Waals surface area contributed by atoms with Gasteiger partial charge < -0.3 is 19.4 Å². The molecule has 2 aromatic carbocycles. The summed E-state index contributed by atoms with van der Waals surface area (Å²) in [7, 11) is 3.37. The van der Waals surface area contributed by atoms with Crippen LogP contribution in [0.25, 0.3) is 0 Å². The van der Waals surface area contributed by atoms with Crippen LogP contribution in [0.2, 0.25) is 0 Å². The van der Waals surface area contributed by atoms with Crippen molar-refractivity contribution in [2.45, 2.75) is 30.2 Å². The van der Waals surface area contributed by atoms with Gasteiger partial charge in [0.25, 0.3) is 5.56 Å². The Balaban J connectivity index is 1.75. The molecule has 3 aromatic rings. The predicted molar refractivity (Wildman–Crippen MR) is 134 cm³/mol. The number of nitrogens with zero attached hydrogens (tertiary/aromatic N) is 2. The van der Waals surface area contributed by atoms with Crippen molar-refractivity contribution in [1.29, 1.82) is 0 Å². The van der Waals surface area contributed by atoms with Gasteiger partial charge in [0, 0.05) is 30.7 Å². The molecule has 0 unspecified atom stereocenters. The fourth-order valence-corrected chi connectivity index (χ4v) is 4.95. The zero-order chi connectivity index (χ0) is 24.2. The van der Waals surface area contributed by atoms with E-state index >= 15 is 0 Å². The molecule has 0 bridgehead atoms. The Hall–Kier alpha value is -3.52. The minimum absolute atomic E-state index is 0.109. The van der Waals surface area contributed by atoms with E-state index in [9.17, 15) is 9.59 Å². The number of amides is 1. The first-order chi connectivity index (χ1) is 16.4. The molecule has 7 nitrogen and oxygen atoms in total. The third-order valence-corrected chi connectivity index (χ3v) is 6.84. The number of ether oxygens (including phenoxy) is 2. The largest absolute Gasteiger partial charge is 0.493 e. The van der Waals surface area contributed by atoms with Crippen molar-refractivity contribution in [3.63, 3.8) is 0 Å². The second-order valence-corrected chi connectivity index (χ2v) is 9.02. The monoisotopic (exact) mass is 477 g/mol. The number of benzene rings is 2. The molecule has 1 aliphatic heterocycles. The van der Waals surface area contributed by atoms with E-state index in [1.54, 1.807) is 23.8 Å². The SMILES string of the molecule is C=CCOc1c(OC)cccc1[C@@H]1CC(=O)Nc2c1c(=O)nc(SCc1ccc(C)cc1)n2C. The molecular formula is C26H27N3O4S. The Bertz CT molecular complexity index is 1280. The summed E-state index contributed by atoms with van der Waals surface area (Å²) in [5, 5.41) is 3.43. The number of rotatable bonds is 8. The molecule has 0 aliphatic carbocycles. The molecule has 176 valence electrons. The molecule has 0 spiro atoms. The minimum atomic E-state index is -0.513. The summed E-state index contributed by atoms with van der Waals surface area (Å²) < 4.78 is 13.2. The van der Waals surface area contributed by atoms with Gasteiger partial charge in [-0.1, -0.05) is 66.4 Å². The van der Waals surface area contributed by atoms with E-state index in [0.717, 1.165) is 5.56 Å². The molecule has 8 heteroatoms. The van der Waals surface area contributed by atoms with Gasteiger partial charge in [-0.2, -0.15) is 4.98 Å². The molecule has 1 atom stereocenters. The molecule has 0 saturated heterocycles. The maximum absolute atomic E-state index is 13.3. The Kier molecular flexibility index (Phi) is 7.07. The van der Waals surface area contributed by atoms with Crippen LogP contribution in [0.4, 0.5) is 5.82 Å². The van der Waals surface area contributed by atoms with Crippen LogP contribution < -0.4 is 20.3 Å². The number of aromatic nitrogens is 2. The smallest absolute Gasteiger partial charge is 0.279 e. The molecule has 1 aromatic heterocycles. The van der Waals surface area contributed by atoms with Crippen molar-refractivity contribution >= 4 is 23.5 Å². The maximum Gasteiger partial charge on any atom is 0.279 e. The van der Waals surface area contributed by atoms with Gasteiger partial charge in [-0.05, 0) is 18.6 Å². The first kappa shape index (κ1) is 23.6. The lowest BCUT2D eigenvalue weighted by molar-refractivity contribution is -0.116. The Morgan fingerprint density at radius 2 is 2.00 bits per heavy atom. The summed E-state index contributed by atoms with van der Waals surface area (Å²) in [6.07, 6.45) is 1.74. The normalized spacial score (nSPS) is 14.8. The lowest BCUT2D eigenvalue weighted by Gasteiger charge is -2.29. The number of carbonyl (C=O) groups excluding carboxylic acids is 1. The highest BCUT2D eigenvalue weighted by Crippen LogP contribution is 2.43. The molecule has 4 rings (SSSR count). The fraction of sp³-hybridized carbons (Fsp3) is 0.269. The van der Waals surface area contributed by atoms with Crippen LogP contribution in [0, 0.1) is 6.92 Å². The van der Waals surface area contributed by atoms with E-state index in [1.165, 1.54) is 17.3 Å². The fourth-order valence-electron chi connectivity index (χ4n) is 4.03. The summed E-state index contributed by atoms with van der Waals surface area (Å²) in [5.41, 5.74) is 3.11. The number of methoxy groups -OCH3 is 1. The first-order valence-corrected chi connectivity index (χ1v) is 11.9. The van der Waals surface area contributed by atoms with Gasteiger partial charge in [0.15, 0.2) is 16.7 Å². The zero-order valence-corrected chi connectivity index (χ0v) is 20.3. The van der Waals surface area contributed by atoms with Crippen molar-refractivity contribution in [1.82, 2.24) is 9.55 Å². The van der Waals surface area contributed by atoms with E-state index in [2.05, 4.69) is 41.1 Å². The van der Waals surface area contributed by atoms with Crippen molar-refractivity contribution < 1.29 is 14.3 Å². The van der Waals surface area contributed by atoms with E-state index in [-0.39, 0.29) is 24.5 Å². The number of hydrogen-bond donors (Lipinski definition) is 1. The molecule has 2 heterocycles. The Morgan fingerprint density at radius 3 is 2.71 bits per heavy atom. The molecule has 0 fully saturated rings. The van der Waals surface area contributed by atoms with Gasteiger partial charge in [-0.15, -0.1) is 0 Å². The third kappa shape index (κ3) is 4.72. The first-order valence-electron chi connectivity index (χ1n) is 10.9. The average Bonchev–Trinajstić information content (AvgIpc) is 2.84. The van der Waals surface area contributed by atoms with Crippen molar-refractivity contribution in [2.24, 2.45) is 7.05 Å². The summed E-state index contributed by atoms with van der Waals surface area (Å²) in [4.78, 5) is 30.4. The standard InChI is InChI=1S/C26H27N3O4S/c1-5-13-33-23-18(7-6-8-20(23)32-4)19-14-21(30)27-24-22(19)25(31)28-26(29(24)3)34-15-17-11-9-16(2)10-12-17/h5-12,19H,1,13-15H2,2-4H3,(H,27,30)/t19-/m0/s1. The summed E-state index contributed by atoms with van der Waals surface area (Å²) in [6.45, 7) is 6.02. The van der Waals surface area contributed by atoms with Crippen molar-refractivity contribution in [2.75, 3.05) is 19.0 Å². The quantitative estimate of drug-likeness (QED) is 0.294. The van der Waals surface area contributed by atoms with Crippen LogP contribution in [-0.2, 0) is 17.6 Å². The number of thioether (sulfide) groups is 1. The number of para-hydroxylation sites is 1. The van der Waals surface area contributed by atoms with Crippen LogP contribution in [-0.4, -0.2) is 29.2 Å². The zero-order valence-electron chi connectivity index (χ0n) is 19.5. The number of nitrogens with one attached hydrogen (secondary N) is 1. The van der Waals surface area contributed by atoms with Crippen molar-refractivity contribution in [3.8, 4) is 11.5 Å². The van der Waals surface area contributed by atoms with Gasteiger partial charge in [-0.3, -0.25) is 9.59 Å². The highest BCUT2D eigenvalue weighted by atomic mass is 32.2. The topological polar surface area (TPSA) is 82.4 Å². The summed E-state index contributed by atoms with van der Waals surface area (Å²) >= 11 is 1.46. The number of aryl methyl sites for hydroxylation is 1. The maximum atomic E-state index is 13.3. The number of fused-ring (bicyclic) bond motifs is 1. The van der Waals surface area contributed by atoms with E-state index in [1.807, 2.05) is 26.1 Å². The van der Waals surface area contributed by atoms with Crippen LogP contribution in [0.3, 0.4) is 0 Å². The molecule has 1 N–H and O–H groups in total. The lowest BCUT2D eigenvalue weighted by atomic mass is 9.86. The average molecular weight is 478 g/mol. The predicted octanol–water partition coefficient (Wildman–Crippen LogP) is 4.43. The number of carbonyl (C=O) groups is 1. The second-order valence-electron chi connectivity index (χ2n) is 8.08. The van der Waals surface area contributed by atoms with E-state index in [4.69, 9.17) is 9.47 Å². The van der Waals surface area contributed by atoms with Crippen LogP contribution in [0.5, 0.6) is 11.5 Å². The molecule has 34 heavy (non-hydrogen) atoms. The van der Waals surface area contributed by atoms with Gasteiger partial charge in [0.1, 0.15) is 12.4 Å². The highest BCUT2D eigenvalue weighted by Gasteiger charge is 2.34. The second kappa shape index (κ2) is 10.2. The van der Waals surface area contributed by atoms with Crippen molar-refractivity contribution in [3.05, 3.63) is 87.7 Å². The van der Waals surface area contributed by atoms with Gasteiger partial charge in [0.2, 0.25) is 5.91 Å². The van der Waals surface area contributed by atoms with Gasteiger partial charge in [0.05, 0.1) is 12.7 Å². The molecule has 0 saturated carbocycles. The summed E-state index contributed by atoms with van der Waals surface area (Å²) in [6, 6.07) is 13.7. The van der Waals surface area contributed by atoms with E-state index < -0.39 is 5.92 Å². The molecule has 0 radical (unpaired) electrons. The highest BCUT2D eigenvalue weighted by molar-refractivity contribution is 7.98. The Labute approximate surface area is 202 Å². The van der Waals surface area contributed by atoms with Gasteiger partial charge >= 0.3 is 0 Å². The molecule has 1 aliphatic rings. The van der Waals surface area contributed by atoms with Gasteiger partial charge in [-0.25, -0.2) is 0 Å². The van der Waals surface area contributed by atoms with Crippen LogP contribution in [0.15, 0.2) is 65.1 Å². The molecular weight excluding hydrogens is 450 g/mol.